The number of carbonyl (C=O) groups excluding carboxylic acids is 1. The molecule has 0 amide bonds. The van der Waals surface area contributed by atoms with E-state index in [1.807, 2.05) is 5.38 Å². The van der Waals surface area contributed by atoms with Crippen molar-refractivity contribution < 1.29 is 9.53 Å². The number of hydrogen-bond donors (Lipinski definition) is 1. The summed E-state index contributed by atoms with van der Waals surface area (Å²) in [5, 5.41) is 9.93. The lowest BCUT2D eigenvalue weighted by Crippen LogP contribution is -2.16. The predicted molar refractivity (Wildman–Crippen MR) is 90.6 cm³/mol. The van der Waals surface area contributed by atoms with Gasteiger partial charge in [-0.2, -0.15) is 5.10 Å². The highest BCUT2D eigenvalue weighted by atomic mass is 35.5. The second-order valence-corrected chi connectivity index (χ2v) is 6.58. The number of nitrogens with one attached hydrogen (secondary N) is 1. The van der Waals surface area contributed by atoms with E-state index in [-0.39, 0.29) is 12.2 Å². The zero-order chi connectivity index (χ0) is 16.4. The number of thiophene rings is 1. The number of hydrogen-bond acceptors (Lipinski definition) is 5. The van der Waals surface area contributed by atoms with Crippen LogP contribution in [0.1, 0.15) is 17.2 Å². The molecule has 3 rings (SSSR count). The normalized spacial score (nSPS) is 12.3. The predicted octanol–water partition coefficient (Wildman–Crippen LogP) is 3.60. The summed E-state index contributed by atoms with van der Waals surface area (Å²) >= 11 is 13.5. The number of rotatable bonds is 5. The maximum atomic E-state index is 11.8. The summed E-state index contributed by atoms with van der Waals surface area (Å²) in [5.41, 5.74) is 1.09. The van der Waals surface area contributed by atoms with Crippen LogP contribution in [0.15, 0.2) is 34.4 Å². The van der Waals surface area contributed by atoms with Crippen molar-refractivity contribution in [1.82, 2.24) is 10.2 Å². The van der Waals surface area contributed by atoms with Gasteiger partial charge in [-0.15, -0.1) is 11.3 Å². The molecule has 0 saturated heterocycles. The third kappa shape index (κ3) is 3.24. The number of halogens is 2. The van der Waals surface area contributed by atoms with Crippen LogP contribution in [0, 0.1) is 0 Å². The average Bonchev–Trinajstić information content (AvgIpc) is 2.99. The lowest BCUT2D eigenvalue weighted by Gasteiger charge is -2.17. The van der Waals surface area contributed by atoms with Crippen molar-refractivity contribution in [3.8, 4) is 0 Å². The van der Waals surface area contributed by atoms with Gasteiger partial charge in [0.1, 0.15) is 6.61 Å². The van der Waals surface area contributed by atoms with Crippen LogP contribution in [0.3, 0.4) is 0 Å². The minimum absolute atomic E-state index is 0.0617. The molecule has 0 fully saturated rings. The van der Waals surface area contributed by atoms with E-state index in [0.717, 1.165) is 10.3 Å². The number of aromatic amines is 1. The van der Waals surface area contributed by atoms with Gasteiger partial charge >= 0.3 is 0 Å². The van der Waals surface area contributed by atoms with Crippen molar-refractivity contribution in [2.24, 2.45) is 0 Å². The Morgan fingerprint density at radius 3 is 2.74 bits per heavy atom. The fourth-order valence-electron chi connectivity index (χ4n) is 2.39. The number of carbonyl (C=O) groups is 1. The van der Waals surface area contributed by atoms with Crippen molar-refractivity contribution in [1.29, 1.82) is 0 Å². The second kappa shape index (κ2) is 6.70. The number of nitrogens with zero attached hydrogens (tertiary/aromatic N) is 1. The quantitative estimate of drug-likeness (QED) is 0.698. The molecule has 1 unspecified atom stereocenters. The minimum atomic E-state index is -0.394. The molecule has 0 aliphatic heterocycles. The van der Waals surface area contributed by atoms with E-state index < -0.39 is 5.92 Å². The first-order valence-corrected chi connectivity index (χ1v) is 8.20. The molecule has 1 aromatic carbocycles. The first-order chi connectivity index (χ1) is 11.1. The van der Waals surface area contributed by atoms with Crippen LogP contribution in [0.25, 0.3) is 10.1 Å². The molecule has 23 heavy (non-hydrogen) atoms. The Labute approximate surface area is 144 Å². The van der Waals surface area contributed by atoms with Gasteiger partial charge in [0.25, 0.3) is 12.0 Å². The summed E-state index contributed by atoms with van der Waals surface area (Å²) in [6.45, 7) is 0.433. The molecule has 5 nitrogen and oxygen atoms in total. The van der Waals surface area contributed by atoms with Crippen molar-refractivity contribution in [3.05, 3.63) is 61.3 Å². The molecule has 0 saturated carbocycles. The van der Waals surface area contributed by atoms with Gasteiger partial charge in [0.2, 0.25) is 0 Å². The molecule has 8 heteroatoms. The number of aromatic nitrogens is 2. The number of H-pyrrole nitrogens is 1. The maximum Gasteiger partial charge on any atom is 0.293 e. The summed E-state index contributed by atoms with van der Waals surface area (Å²) in [5.74, 6) is -0.394. The van der Waals surface area contributed by atoms with Crippen LogP contribution in [0.2, 0.25) is 10.0 Å². The summed E-state index contributed by atoms with van der Waals surface area (Å²) < 4.78 is 5.69. The van der Waals surface area contributed by atoms with Crippen LogP contribution >= 0.6 is 34.5 Å². The molecule has 2 aromatic heterocycles. The van der Waals surface area contributed by atoms with Crippen LogP contribution in [0.4, 0.5) is 0 Å². The SMILES string of the molecule is O=COCC(c1cc(Cl)cc(Cl)c1)c1n[nH]c(=O)c2ccsc12. The fraction of sp³-hybridized carbons (Fsp3) is 0.133. The summed E-state index contributed by atoms with van der Waals surface area (Å²) in [6, 6.07) is 6.81. The molecule has 118 valence electrons. The molecule has 0 radical (unpaired) electrons. The largest absolute Gasteiger partial charge is 0.467 e. The Morgan fingerprint density at radius 1 is 1.30 bits per heavy atom. The van der Waals surface area contributed by atoms with Gasteiger partial charge in [-0.25, -0.2) is 5.10 Å². The number of benzene rings is 1. The first kappa shape index (κ1) is 16.0. The smallest absolute Gasteiger partial charge is 0.293 e. The second-order valence-electron chi connectivity index (χ2n) is 4.79. The van der Waals surface area contributed by atoms with Crippen LogP contribution in [-0.4, -0.2) is 23.3 Å². The Hall–Kier alpha value is -1.89. The third-order valence-electron chi connectivity index (χ3n) is 3.37. The fourth-order valence-corrected chi connectivity index (χ4v) is 3.87. The molecule has 0 spiro atoms. The van der Waals surface area contributed by atoms with Gasteiger partial charge in [0.15, 0.2) is 0 Å². The standard InChI is InChI=1S/C15H10Cl2N2O3S/c16-9-3-8(4-10(17)5-9)12(6-22-7-20)13-14-11(1-2-23-14)15(21)19-18-13/h1-5,7,12H,6H2,(H,19,21). The lowest BCUT2D eigenvalue weighted by atomic mass is 9.96. The maximum absolute atomic E-state index is 11.8. The molecule has 0 aliphatic rings. The lowest BCUT2D eigenvalue weighted by molar-refractivity contribution is -0.128. The molecule has 3 aromatic rings. The molecule has 0 bridgehead atoms. The summed E-state index contributed by atoms with van der Waals surface area (Å²) in [4.78, 5) is 22.5. The van der Waals surface area contributed by atoms with E-state index in [1.165, 1.54) is 11.3 Å². The van der Waals surface area contributed by atoms with Crippen molar-refractivity contribution in [2.75, 3.05) is 6.61 Å². The Balaban J connectivity index is 2.18. The highest BCUT2D eigenvalue weighted by Gasteiger charge is 2.22. The minimum Gasteiger partial charge on any atom is -0.467 e. The van der Waals surface area contributed by atoms with Crippen LogP contribution < -0.4 is 5.56 Å². The molecule has 2 heterocycles. The zero-order valence-corrected chi connectivity index (χ0v) is 13.9. The van der Waals surface area contributed by atoms with Gasteiger partial charge in [-0.3, -0.25) is 9.59 Å². The Kier molecular flexibility index (Phi) is 4.66. The summed E-state index contributed by atoms with van der Waals surface area (Å²) in [6.07, 6.45) is 0. The average molecular weight is 369 g/mol. The topological polar surface area (TPSA) is 72.0 Å². The monoisotopic (exact) mass is 368 g/mol. The number of ether oxygens (including phenoxy) is 1. The molecule has 0 aliphatic carbocycles. The van der Waals surface area contributed by atoms with Crippen molar-refractivity contribution in [3.63, 3.8) is 0 Å². The van der Waals surface area contributed by atoms with Crippen LogP contribution in [0.5, 0.6) is 0 Å². The van der Waals surface area contributed by atoms with Gasteiger partial charge in [0.05, 0.1) is 21.7 Å². The van der Waals surface area contributed by atoms with E-state index in [0.29, 0.717) is 27.6 Å². The summed E-state index contributed by atoms with van der Waals surface area (Å²) in [7, 11) is 0. The van der Waals surface area contributed by atoms with E-state index in [9.17, 15) is 9.59 Å². The van der Waals surface area contributed by atoms with E-state index in [4.69, 9.17) is 27.9 Å². The Morgan fingerprint density at radius 2 is 2.04 bits per heavy atom. The van der Waals surface area contributed by atoms with Gasteiger partial charge in [-0.1, -0.05) is 23.2 Å². The molecular formula is C15H10Cl2N2O3S. The van der Waals surface area contributed by atoms with Crippen LogP contribution in [-0.2, 0) is 9.53 Å². The molecular weight excluding hydrogens is 359 g/mol. The van der Waals surface area contributed by atoms with E-state index in [1.54, 1.807) is 24.3 Å². The molecule has 1 atom stereocenters. The van der Waals surface area contributed by atoms with Gasteiger partial charge in [-0.05, 0) is 35.2 Å². The zero-order valence-electron chi connectivity index (χ0n) is 11.6. The van der Waals surface area contributed by atoms with E-state index >= 15 is 0 Å². The highest BCUT2D eigenvalue weighted by molar-refractivity contribution is 7.17. The third-order valence-corrected chi connectivity index (χ3v) is 4.74. The van der Waals surface area contributed by atoms with Gasteiger partial charge in [0, 0.05) is 10.0 Å². The van der Waals surface area contributed by atoms with Gasteiger partial charge < -0.3 is 4.74 Å². The van der Waals surface area contributed by atoms with Crippen molar-refractivity contribution in [2.45, 2.75) is 5.92 Å². The first-order valence-electron chi connectivity index (χ1n) is 6.57. The molecule has 1 N–H and O–H groups in total. The van der Waals surface area contributed by atoms with Crippen molar-refractivity contribution >= 4 is 51.1 Å². The Bertz CT molecular complexity index is 902. The highest BCUT2D eigenvalue weighted by Crippen LogP contribution is 2.33. The number of fused-ring (bicyclic) bond motifs is 1. The van der Waals surface area contributed by atoms with E-state index in [2.05, 4.69) is 10.2 Å².